The van der Waals surface area contributed by atoms with E-state index >= 15 is 0 Å². The lowest BCUT2D eigenvalue weighted by atomic mass is 10.0. The molecule has 3 aliphatic rings. The van der Waals surface area contributed by atoms with Crippen molar-refractivity contribution in [1.82, 2.24) is 15.1 Å². The zero-order valence-corrected chi connectivity index (χ0v) is 16.6. The van der Waals surface area contributed by atoms with Crippen molar-refractivity contribution in [2.45, 2.75) is 51.3 Å². The maximum atomic E-state index is 12.8. The van der Waals surface area contributed by atoms with E-state index in [2.05, 4.69) is 22.1 Å². The standard InChI is InChI=1S/C22H25N3O4/c1-2-3-10-24-11-4-5-17(14-24)29-16-6-7-18-15(12-16)13-25(22(18)28)19-8-9-20(26)23-21(19)27/h6-7,12,17,19H,4-5,8-11,13-14H2,1H3,(H,23,26,27). The third kappa shape index (κ3) is 4.13. The second kappa shape index (κ2) is 8.26. The highest BCUT2D eigenvalue weighted by Gasteiger charge is 2.39. The molecule has 0 bridgehead atoms. The summed E-state index contributed by atoms with van der Waals surface area (Å²) < 4.78 is 6.20. The van der Waals surface area contributed by atoms with Gasteiger partial charge in [-0.25, -0.2) is 0 Å². The van der Waals surface area contributed by atoms with Crippen molar-refractivity contribution in [2.24, 2.45) is 0 Å². The summed E-state index contributed by atoms with van der Waals surface area (Å²) in [5, 5.41) is 2.33. The predicted octanol–water partition coefficient (Wildman–Crippen LogP) is 1.31. The maximum Gasteiger partial charge on any atom is 0.255 e. The van der Waals surface area contributed by atoms with E-state index in [0.717, 1.165) is 43.8 Å². The third-order valence-electron chi connectivity index (χ3n) is 5.74. The lowest BCUT2D eigenvalue weighted by Crippen LogP contribution is -2.52. The number of benzene rings is 1. The van der Waals surface area contributed by atoms with E-state index in [1.807, 2.05) is 19.1 Å². The molecule has 2 fully saturated rings. The summed E-state index contributed by atoms with van der Waals surface area (Å²) in [5.74, 6) is 5.95. The molecule has 7 nitrogen and oxygen atoms in total. The summed E-state index contributed by atoms with van der Waals surface area (Å²) in [7, 11) is 0. The topological polar surface area (TPSA) is 79.0 Å². The van der Waals surface area contributed by atoms with Gasteiger partial charge in [0.15, 0.2) is 0 Å². The molecule has 7 heteroatoms. The number of likely N-dealkylation sites (tertiary alicyclic amines) is 1. The molecule has 29 heavy (non-hydrogen) atoms. The van der Waals surface area contributed by atoms with E-state index in [9.17, 15) is 14.4 Å². The van der Waals surface area contributed by atoms with Crippen LogP contribution in [0.1, 0.15) is 48.5 Å². The summed E-state index contributed by atoms with van der Waals surface area (Å²) in [6.07, 6.45) is 2.79. The number of hydrogen-bond donors (Lipinski definition) is 1. The molecule has 1 aromatic rings. The monoisotopic (exact) mass is 395 g/mol. The molecular formula is C22H25N3O4. The lowest BCUT2D eigenvalue weighted by molar-refractivity contribution is -0.136. The number of nitrogens with one attached hydrogen (secondary N) is 1. The molecule has 0 aliphatic carbocycles. The number of amides is 3. The van der Waals surface area contributed by atoms with Crippen LogP contribution in [-0.2, 0) is 16.1 Å². The highest BCUT2D eigenvalue weighted by molar-refractivity contribution is 6.05. The number of nitrogens with zero attached hydrogens (tertiary/aromatic N) is 2. The van der Waals surface area contributed by atoms with Crippen LogP contribution < -0.4 is 10.1 Å². The third-order valence-corrected chi connectivity index (χ3v) is 5.74. The molecule has 3 heterocycles. The van der Waals surface area contributed by atoms with Crippen LogP contribution in [0.15, 0.2) is 18.2 Å². The molecule has 1 N–H and O–H groups in total. The quantitative estimate of drug-likeness (QED) is 0.614. The van der Waals surface area contributed by atoms with Crippen molar-refractivity contribution < 1.29 is 19.1 Å². The van der Waals surface area contributed by atoms with E-state index in [0.29, 0.717) is 18.5 Å². The van der Waals surface area contributed by atoms with Crippen molar-refractivity contribution in [2.75, 3.05) is 19.6 Å². The van der Waals surface area contributed by atoms with E-state index < -0.39 is 11.9 Å². The van der Waals surface area contributed by atoms with E-state index in [1.54, 1.807) is 11.0 Å². The number of ether oxygens (including phenoxy) is 1. The first-order valence-electron chi connectivity index (χ1n) is 10.1. The molecular weight excluding hydrogens is 370 g/mol. The summed E-state index contributed by atoms with van der Waals surface area (Å²) in [5.41, 5.74) is 1.47. The van der Waals surface area contributed by atoms with Gasteiger partial charge in [0.05, 0.1) is 6.54 Å². The van der Waals surface area contributed by atoms with Crippen molar-refractivity contribution in [3.8, 4) is 17.6 Å². The van der Waals surface area contributed by atoms with Gasteiger partial charge in [-0.15, -0.1) is 5.92 Å². The van der Waals surface area contributed by atoms with Gasteiger partial charge in [-0.1, -0.05) is 5.92 Å². The maximum absolute atomic E-state index is 12.8. The van der Waals surface area contributed by atoms with Crippen LogP contribution in [0.25, 0.3) is 0 Å². The predicted molar refractivity (Wildman–Crippen MR) is 106 cm³/mol. The molecule has 0 saturated carbocycles. The Balaban J connectivity index is 1.43. The van der Waals surface area contributed by atoms with Crippen LogP contribution in [0.2, 0.25) is 0 Å². The molecule has 0 spiro atoms. The lowest BCUT2D eigenvalue weighted by Gasteiger charge is -2.31. The fourth-order valence-corrected chi connectivity index (χ4v) is 4.26. The summed E-state index contributed by atoms with van der Waals surface area (Å²) in [6.45, 7) is 4.85. The highest BCUT2D eigenvalue weighted by atomic mass is 16.5. The number of hydrogen-bond acceptors (Lipinski definition) is 5. The molecule has 2 unspecified atom stereocenters. The Kier molecular flexibility index (Phi) is 5.54. The Bertz CT molecular complexity index is 901. The van der Waals surface area contributed by atoms with Gasteiger partial charge in [0.2, 0.25) is 11.8 Å². The van der Waals surface area contributed by atoms with Gasteiger partial charge in [0.1, 0.15) is 17.9 Å². The summed E-state index contributed by atoms with van der Waals surface area (Å²) in [4.78, 5) is 40.2. The number of fused-ring (bicyclic) bond motifs is 1. The van der Waals surface area contributed by atoms with Crippen LogP contribution in [-0.4, -0.2) is 59.3 Å². The van der Waals surface area contributed by atoms with E-state index in [1.165, 1.54) is 0 Å². The van der Waals surface area contributed by atoms with Crippen molar-refractivity contribution >= 4 is 17.7 Å². The van der Waals surface area contributed by atoms with Gasteiger partial charge in [-0.05, 0) is 56.5 Å². The number of imide groups is 1. The molecule has 2 atom stereocenters. The Labute approximate surface area is 170 Å². The Morgan fingerprint density at radius 2 is 2.10 bits per heavy atom. The van der Waals surface area contributed by atoms with Crippen molar-refractivity contribution in [3.63, 3.8) is 0 Å². The van der Waals surface area contributed by atoms with Crippen LogP contribution in [0.3, 0.4) is 0 Å². The van der Waals surface area contributed by atoms with Gasteiger partial charge < -0.3 is 9.64 Å². The fourth-order valence-electron chi connectivity index (χ4n) is 4.26. The highest BCUT2D eigenvalue weighted by Crippen LogP contribution is 2.31. The number of piperidine rings is 2. The number of rotatable bonds is 4. The number of carbonyl (C=O) groups excluding carboxylic acids is 3. The molecule has 3 aliphatic heterocycles. The van der Waals surface area contributed by atoms with Gasteiger partial charge in [-0.2, -0.15) is 0 Å². The van der Waals surface area contributed by atoms with Crippen LogP contribution >= 0.6 is 0 Å². The minimum Gasteiger partial charge on any atom is -0.489 e. The Morgan fingerprint density at radius 3 is 2.90 bits per heavy atom. The molecule has 2 saturated heterocycles. The first kappa shape index (κ1) is 19.5. The van der Waals surface area contributed by atoms with E-state index in [-0.39, 0.29) is 24.3 Å². The van der Waals surface area contributed by atoms with Crippen molar-refractivity contribution in [1.29, 1.82) is 0 Å². The SMILES string of the molecule is CC#CCN1CCCC(Oc2ccc3c(c2)CN(C2CCC(=O)NC2=O)C3=O)C1. The largest absolute Gasteiger partial charge is 0.489 e. The minimum absolute atomic E-state index is 0.101. The summed E-state index contributed by atoms with van der Waals surface area (Å²) >= 11 is 0. The Hall–Kier alpha value is -2.85. The first-order valence-corrected chi connectivity index (χ1v) is 10.1. The Morgan fingerprint density at radius 1 is 1.24 bits per heavy atom. The van der Waals surface area contributed by atoms with Gasteiger partial charge in [-0.3, -0.25) is 24.6 Å². The molecule has 3 amide bonds. The molecule has 0 radical (unpaired) electrons. The smallest absolute Gasteiger partial charge is 0.255 e. The van der Waals surface area contributed by atoms with Gasteiger partial charge >= 0.3 is 0 Å². The normalized spacial score (nSPS) is 24.6. The molecule has 0 aromatic heterocycles. The zero-order chi connectivity index (χ0) is 20.4. The van der Waals surface area contributed by atoms with Crippen LogP contribution in [0.5, 0.6) is 5.75 Å². The molecule has 152 valence electrons. The fraction of sp³-hybridized carbons (Fsp3) is 0.500. The average Bonchev–Trinajstić information content (AvgIpc) is 3.02. The molecule has 4 rings (SSSR count). The zero-order valence-electron chi connectivity index (χ0n) is 16.6. The van der Waals surface area contributed by atoms with Crippen LogP contribution in [0.4, 0.5) is 0 Å². The average molecular weight is 395 g/mol. The van der Waals surface area contributed by atoms with Crippen molar-refractivity contribution in [3.05, 3.63) is 29.3 Å². The second-order valence-corrected chi connectivity index (χ2v) is 7.76. The number of carbonyl (C=O) groups is 3. The van der Waals surface area contributed by atoms with E-state index in [4.69, 9.17) is 4.74 Å². The molecule has 1 aromatic carbocycles. The second-order valence-electron chi connectivity index (χ2n) is 7.76. The summed E-state index contributed by atoms with van der Waals surface area (Å²) in [6, 6.07) is 4.92. The van der Waals surface area contributed by atoms with Crippen LogP contribution in [0, 0.1) is 11.8 Å². The first-order chi connectivity index (χ1) is 14.0. The minimum atomic E-state index is -0.594. The van der Waals surface area contributed by atoms with Gasteiger partial charge in [0.25, 0.3) is 5.91 Å². The van der Waals surface area contributed by atoms with Gasteiger partial charge in [0, 0.05) is 25.1 Å².